The van der Waals surface area contributed by atoms with Crippen molar-refractivity contribution in [3.05, 3.63) is 223 Å². The molecule has 0 bridgehead atoms. The van der Waals surface area contributed by atoms with Gasteiger partial charge in [0, 0.05) is 63.6 Å². The Kier molecular flexibility index (Phi) is 8.42. The van der Waals surface area contributed by atoms with Crippen LogP contribution in [0.1, 0.15) is 5.56 Å². The highest BCUT2D eigenvalue weighted by molar-refractivity contribution is 7.27. The van der Waals surface area contributed by atoms with Gasteiger partial charge in [-0.3, -0.25) is 0 Å². The van der Waals surface area contributed by atoms with Crippen LogP contribution in [-0.2, 0) is 0 Å². The van der Waals surface area contributed by atoms with Crippen LogP contribution < -0.4 is 0 Å². The molecule has 68 heavy (non-hydrogen) atoms. The molecule has 0 saturated heterocycles. The number of para-hydroxylation sites is 2. The van der Waals surface area contributed by atoms with Crippen LogP contribution in [0.25, 0.3) is 134 Å². The molecule has 0 radical (unpaired) electrons. The van der Waals surface area contributed by atoms with E-state index >= 15 is 0 Å². The molecule has 0 aliphatic rings. The van der Waals surface area contributed by atoms with Gasteiger partial charge >= 0.3 is 0 Å². The third kappa shape index (κ3) is 5.33. The normalized spacial score (nSPS) is 11.8. The van der Waals surface area contributed by atoms with Crippen LogP contribution in [0.3, 0.4) is 0 Å². The lowest BCUT2D eigenvalue weighted by atomic mass is 9.88. The Balaban J connectivity index is 1.34. The van der Waals surface area contributed by atoms with Crippen molar-refractivity contribution in [2.24, 2.45) is 0 Å². The van der Waals surface area contributed by atoms with Gasteiger partial charge in [0.1, 0.15) is 6.07 Å². The van der Waals surface area contributed by atoms with Crippen LogP contribution >= 0.6 is 22.7 Å². The Labute approximate surface area is 398 Å². The second-order valence-electron chi connectivity index (χ2n) is 17.3. The van der Waals surface area contributed by atoms with E-state index in [9.17, 15) is 11.8 Å². The van der Waals surface area contributed by atoms with Crippen molar-refractivity contribution in [3.63, 3.8) is 0 Å². The second kappa shape index (κ2) is 14.9. The van der Waals surface area contributed by atoms with E-state index in [0.717, 1.165) is 97.6 Å². The lowest BCUT2D eigenvalue weighted by molar-refractivity contribution is 1.14. The summed E-state index contributed by atoms with van der Waals surface area (Å²) in [6, 6.07) is 75.5. The van der Waals surface area contributed by atoms with E-state index < -0.39 is 0 Å². The number of hydrogen-bond acceptors (Lipinski definition) is 3. The molecule has 0 amide bonds. The average molecular weight is 899 g/mol. The van der Waals surface area contributed by atoms with E-state index in [0.29, 0.717) is 16.8 Å². The zero-order valence-electron chi connectivity index (χ0n) is 36.2. The first-order valence-electron chi connectivity index (χ1n) is 22.6. The number of hydrogen-bond donors (Lipinski definition) is 0. The van der Waals surface area contributed by atoms with Gasteiger partial charge in [-0.1, -0.05) is 176 Å². The average Bonchev–Trinajstić information content (AvgIpc) is 4.16. The quantitative estimate of drug-likeness (QED) is 0.159. The van der Waals surface area contributed by atoms with Gasteiger partial charge in [0.15, 0.2) is 0 Å². The summed E-state index contributed by atoms with van der Waals surface area (Å²) in [6.45, 7) is 9.29. The predicted octanol–water partition coefficient (Wildman–Crippen LogP) is 18.0. The van der Waals surface area contributed by atoms with Gasteiger partial charge in [-0.25, -0.2) is 4.85 Å². The van der Waals surface area contributed by atoms with Crippen molar-refractivity contribution in [2.75, 3.05) is 0 Å². The van der Waals surface area contributed by atoms with Crippen LogP contribution in [0.15, 0.2) is 206 Å². The molecule has 4 heterocycles. The van der Waals surface area contributed by atoms with Gasteiger partial charge in [0.2, 0.25) is 5.69 Å². The molecule has 0 spiro atoms. The molecule has 10 aromatic carbocycles. The van der Waals surface area contributed by atoms with Crippen LogP contribution in [0.2, 0.25) is 0 Å². The number of nitriles is 1. The summed E-state index contributed by atoms with van der Waals surface area (Å²) in [5, 5.41) is 21.3. The van der Waals surface area contributed by atoms with E-state index in [4.69, 9.17) is 0 Å². The van der Waals surface area contributed by atoms with Gasteiger partial charge in [-0.15, -0.1) is 22.7 Å². The second-order valence-corrected chi connectivity index (χ2v) is 19.4. The first-order chi connectivity index (χ1) is 33.7. The predicted molar refractivity (Wildman–Crippen MR) is 288 cm³/mol. The molecule has 14 aromatic rings. The van der Waals surface area contributed by atoms with E-state index in [1.807, 2.05) is 36.4 Å². The largest absolute Gasteiger partial charge is 0.318 e. The molecule has 4 nitrogen and oxygen atoms in total. The topological polar surface area (TPSA) is 38.0 Å². The van der Waals surface area contributed by atoms with E-state index in [1.165, 1.54) is 25.6 Å². The minimum atomic E-state index is 0.423. The van der Waals surface area contributed by atoms with Gasteiger partial charge in [0.05, 0.1) is 55.0 Å². The highest BCUT2D eigenvalue weighted by atomic mass is 32.1. The van der Waals surface area contributed by atoms with Crippen molar-refractivity contribution < 1.29 is 0 Å². The molecule has 0 N–H and O–H groups in total. The molecule has 314 valence electrons. The Morgan fingerprint density at radius 1 is 0.426 bits per heavy atom. The van der Waals surface area contributed by atoms with Crippen molar-refractivity contribution in [1.29, 1.82) is 5.26 Å². The number of nitrogens with zero attached hydrogens (tertiary/aromatic N) is 4. The Bertz CT molecular complexity index is 4450. The Hall–Kier alpha value is -8.78. The highest BCUT2D eigenvalue weighted by Crippen LogP contribution is 2.55. The summed E-state index contributed by atoms with van der Waals surface area (Å²) >= 11 is 3.61. The minimum absolute atomic E-state index is 0.423. The van der Waals surface area contributed by atoms with Gasteiger partial charge in [0.25, 0.3) is 0 Å². The zero-order chi connectivity index (χ0) is 45.0. The number of aromatic nitrogens is 2. The summed E-state index contributed by atoms with van der Waals surface area (Å²) in [4.78, 5) is 4.54. The van der Waals surface area contributed by atoms with Crippen molar-refractivity contribution in [2.45, 2.75) is 0 Å². The maximum absolute atomic E-state index is 12.2. The van der Waals surface area contributed by atoms with Crippen molar-refractivity contribution in [1.82, 2.24) is 9.13 Å². The molecular formula is C62H34N4S2. The molecule has 4 aromatic heterocycles. The first kappa shape index (κ1) is 38.5. The molecule has 0 fully saturated rings. The number of fused-ring (bicyclic) bond motifs is 14. The lowest BCUT2D eigenvalue weighted by Crippen LogP contribution is -2.09. The van der Waals surface area contributed by atoms with Crippen LogP contribution in [-0.4, -0.2) is 9.13 Å². The molecule has 0 aliphatic carbocycles. The number of rotatable bonds is 5. The molecular weight excluding hydrogens is 865 g/mol. The first-order valence-corrected chi connectivity index (χ1v) is 24.2. The minimum Gasteiger partial charge on any atom is -0.318 e. The zero-order valence-corrected chi connectivity index (χ0v) is 37.9. The SMILES string of the molecule is [C-]#[N+]c1c(-c2ccccc2)c(C#N)c(-n2c3c(ccc4c5ccccc5sc43)c3c(-c4ccccc4)cc4c5ccccc5sc4c32)c(-c2ccccc2)c1-n1c2ccccc2c2ccccc21. The van der Waals surface area contributed by atoms with Crippen LogP contribution in [0.5, 0.6) is 0 Å². The summed E-state index contributed by atoms with van der Waals surface area (Å²) in [6.07, 6.45) is 0. The smallest absolute Gasteiger partial charge is 0.220 e. The van der Waals surface area contributed by atoms with Crippen LogP contribution in [0.4, 0.5) is 5.69 Å². The molecule has 0 aliphatic heterocycles. The molecule has 6 heteroatoms. The third-order valence-corrected chi connectivity index (χ3v) is 16.1. The van der Waals surface area contributed by atoms with E-state index in [1.54, 1.807) is 22.7 Å². The molecule has 0 saturated carbocycles. The van der Waals surface area contributed by atoms with Gasteiger partial charge < -0.3 is 9.13 Å². The Morgan fingerprint density at radius 3 is 1.50 bits per heavy atom. The Morgan fingerprint density at radius 2 is 0.912 bits per heavy atom. The summed E-state index contributed by atoms with van der Waals surface area (Å²) < 4.78 is 9.44. The standard InChI is InChI=1S/C62H34N4S2/c1-64-56-53(38-21-7-3-8-22-38)48(36-63)57(54(39-23-9-4-10-24-39)59(56)65-49-29-15-11-25-40(49)41-26-12-16-30-50(41)65)66-58-45(34-33-44-42-27-13-17-31-51(42)67-61(44)58)55-46(37-19-5-2-6-20-37)35-47-43-28-14-18-32-52(43)68-62(47)60(55)66/h2-35H. The lowest BCUT2D eigenvalue weighted by Gasteiger charge is -2.26. The fourth-order valence-electron chi connectivity index (χ4n) is 11.0. The van der Waals surface area contributed by atoms with E-state index in [2.05, 4.69) is 190 Å². The summed E-state index contributed by atoms with van der Waals surface area (Å²) in [5.41, 5.74) is 11.8. The summed E-state index contributed by atoms with van der Waals surface area (Å²) in [7, 11) is 0. The molecule has 0 unspecified atom stereocenters. The van der Waals surface area contributed by atoms with E-state index in [-0.39, 0.29) is 0 Å². The number of benzene rings is 10. The van der Waals surface area contributed by atoms with Crippen molar-refractivity contribution >= 4 is 112 Å². The fraction of sp³-hybridized carbons (Fsp3) is 0. The van der Waals surface area contributed by atoms with Crippen molar-refractivity contribution in [3.8, 4) is 50.8 Å². The molecule has 0 atom stereocenters. The third-order valence-electron chi connectivity index (χ3n) is 13.8. The monoisotopic (exact) mass is 898 g/mol. The summed E-state index contributed by atoms with van der Waals surface area (Å²) in [5.74, 6) is 0. The molecule has 14 rings (SSSR count). The fourth-order valence-corrected chi connectivity index (χ4v) is 13.5. The maximum atomic E-state index is 12.2. The van der Waals surface area contributed by atoms with Crippen LogP contribution in [0, 0.1) is 17.9 Å². The van der Waals surface area contributed by atoms with Gasteiger partial charge in [-0.05, 0) is 52.6 Å². The number of thiophene rings is 2. The highest BCUT2D eigenvalue weighted by Gasteiger charge is 2.33. The maximum Gasteiger partial charge on any atom is 0.220 e. The van der Waals surface area contributed by atoms with Gasteiger partial charge in [-0.2, -0.15) is 5.26 Å².